The van der Waals surface area contributed by atoms with Crippen LogP contribution in [0.3, 0.4) is 0 Å². The molecular formula is C23H21N3O2. The molecule has 3 aromatic carbocycles. The molecule has 2 amide bonds. The van der Waals surface area contributed by atoms with Crippen LogP contribution in [0.2, 0.25) is 0 Å². The van der Waals surface area contributed by atoms with Gasteiger partial charge in [-0.2, -0.15) is 5.10 Å². The molecule has 0 fully saturated rings. The van der Waals surface area contributed by atoms with Crippen LogP contribution < -0.4 is 10.7 Å². The first kappa shape index (κ1) is 19.0. The average Bonchev–Trinajstić information content (AvgIpc) is 2.70. The lowest BCUT2D eigenvalue weighted by molar-refractivity contribution is 0.0956. The second-order valence-corrected chi connectivity index (χ2v) is 6.48. The molecule has 28 heavy (non-hydrogen) atoms. The lowest BCUT2D eigenvalue weighted by Gasteiger charge is -2.10. The Bertz CT molecular complexity index is 1020. The van der Waals surface area contributed by atoms with E-state index in [1.807, 2.05) is 50.2 Å². The first-order valence-electron chi connectivity index (χ1n) is 8.90. The fourth-order valence-corrected chi connectivity index (χ4v) is 2.65. The molecule has 2 N–H and O–H groups in total. The van der Waals surface area contributed by atoms with Crippen molar-refractivity contribution in [2.75, 3.05) is 5.32 Å². The number of rotatable bonds is 5. The number of carbonyl (C=O) groups is 2. The quantitative estimate of drug-likeness (QED) is 0.518. The average molecular weight is 371 g/mol. The number of hydrogen-bond acceptors (Lipinski definition) is 3. The van der Waals surface area contributed by atoms with Crippen LogP contribution in [-0.2, 0) is 0 Å². The molecule has 0 saturated carbocycles. The zero-order chi connectivity index (χ0) is 19.9. The van der Waals surface area contributed by atoms with Crippen molar-refractivity contribution < 1.29 is 9.59 Å². The van der Waals surface area contributed by atoms with E-state index in [0.29, 0.717) is 16.8 Å². The third-order valence-electron chi connectivity index (χ3n) is 4.16. The number of hydrogen-bond donors (Lipinski definition) is 2. The summed E-state index contributed by atoms with van der Waals surface area (Å²) in [5.41, 5.74) is 6.83. The Morgan fingerprint density at radius 3 is 2.32 bits per heavy atom. The molecule has 0 heterocycles. The third-order valence-corrected chi connectivity index (χ3v) is 4.16. The lowest BCUT2D eigenvalue weighted by Crippen LogP contribution is -2.21. The number of aryl methyl sites for hydroxylation is 2. The van der Waals surface area contributed by atoms with Gasteiger partial charge < -0.3 is 5.32 Å². The highest BCUT2D eigenvalue weighted by molar-refractivity contribution is 6.09. The molecule has 0 bridgehead atoms. The van der Waals surface area contributed by atoms with Crippen molar-refractivity contribution in [2.45, 2.75) is 13.8 Å². The van der Waals surface area contributed by atoms with Crippen LogP contribution in [0.25, 0.3) is 0 Å². The van der Waals surface area contributed by atoms with E-state index in [1.165, 1.54) is 0 Å². The lowest BCUT2D eigenvalue weighted by atomic mass is 10.1. The molecular weight excluding hydrogens is 350 g/mol. The Balaban J connectivity index is 1.71. The SMILES string of the molecule is Cc1ccc(/C=N\NC(=O)c2ccccc2NC(=O)c2cccc(C)c2)cc1. The third kappa shape index (κ3) is 4.92. The molecule has 5 heteroatoms. The molecule has 0 aliphatic heterocycles. The van der Waals surface area contributed by atoms with E-state index in [1.54, 1.807) is 42.6 Å². The highest BCUT2D eigenvalue weighted by Gasteiger charge is 2.13. The summed E-state index contributed by atoms with van der Waals surface area (Å²) in [6.45, 7) is 3.93. The molecule has 0 saturated heterocycles. The molecule has 0 aliphatic carbocycles. The largest absolute Gasteiger partial charge is 0.321 e. The standard InChI is InChI=1S/C23H21N3O2/c1-16-10-12-18(13-11-16)15-24-26-23(28)20-8-3-4-9-21(20)25-22(27)19-7-5-6-17(2)14-19/h3-15H,1-2H3,(H,25,27)(H,26,28)/b24-15-. The van der Waals surface area contributed by atoms with Crippen molar-refractivity contribution in [1.82, 2.24) is 5.43 Å². The van der Waals surface area contributed by atoms with Crippen LogP contribution in [0.4, 0.5) is 5.69 Å². The van der Waals surface area contributed by atoms with Crippen LogP contribution in [-0.4, -0.2) is 18.0 Å². The summed E-state index contributed by atoms with van der Waals surface area (Å²) < 4.78 is 0. The van der Waals surface area contributed by atoms with E-state index in [4.69, 9.17) is 0 Å². The van der Waals surface area contributed by atoms with E-state index in [-0.39, 0.29) is 5.91 Å². The molecule has 0 unspecified atom stereocenters. The fraction of sp³-hybridized carbons (Fsp3) is 0.0870. The maximum absolute atomic E-state index is 12.5. The Kier molecular flexibility index (Phi) is 5.97. The summed E-state index contributed by atoms with van der Waals surface area (Å²) in [5, 5.41) is 6.80. The predicted octanol–water partition coefficient (Wildman–Crippen LogP) is 4.32. The molecule has 5 nitrogen and oxygen atoms in total. The number of carbonyl (C=O) groups excluding carboxylic acids is 2. The summed E-state index contributed by atoms with van der Waals surface area (Å²) in [6, 6.07) is 21.9. The summed E-state index contributed by atoms with van der Waals surface area (Å²) in [6.07, 6.45) is 1.57. The van der Waals surface area contributed by atoms with Gasteiger partial charge in [0.15, 0.2) is 0 Å². The smallest absolute Gasteiger partial charge is 0.273 e. The van der Waals surface area contributed by atoms with Crippen molar-refractivity contribution in [2.24, 2.45) is 5.10 Å². The van der Waals surface area contributed by atoms with Crippen molar-refractivity contribution in [3.05, 3.63) is 101 Å². The van der Waals surface area contributed by atoms with Gasteiger partial charge in [-0.15, -0.1) is 0 Å². The summed E-state index contributed by atoms with van der Waals surface area (Å²) in [5.74, 6) is -0.671. The maximum Gasteiger partial charge on any atom is 0.273 e. The molecule has 0 atom stereocenters. The first-order chi connectivity index (χ1) is 13.5. The van der Waals surface area contributed by atoms with Crippen LogP contribution in [0.15, 0.2) is 77.9 Å². The van der Waals surface area contributed by atoms with Gasteiger partial charge in [0, 0.05) is 5.56 Å². The van der Waals surface area contributed by atoms with Gasteiger partial charge in [0.1, 0.15) is 0 Å². The minimum absolute atomic E-state index is 0.271. The zero-order valence-electron chi connectivity index (χ0n) is 15.8. The van der Waals surface area contributed by atoms with Gasteiger partial charge in [-0.3, -0.25) is 9.59 Å². The maximum atomic E-state index is 12.5. The van der Waals surface area contributed by atoms with E-state index >= 15 is 0 Å². The molecule has 3 aromatic rings. The molecule has 0 aromatic heterocycles. The molecule has 3 rings (SSSR count). The van der Waals surface area contributed by atoms with Gasteiger partial charge in [0.2, 0.25) is 0 Å². The molecule has 0 radical (unpaired) electrons. The van der Waals surface area contributed by atoms with Gasteiger partial charge in [0.25, 0.3) is 11.8 Å². The van der Waals surface area contributed by atoms with Crippen LogP contribution in [0, 0.1) is 13.8 Å². The number of benzene rings is 3. The molecule has 0 aliphatic rings. The second kappa shape index (κ2) is 8.77. The molecule has 140 valence electrons. The van der Waals surface area contributed by atoms with Gasteiger partial charge in [-0.1, -0.05) is 59.7 Å². The normalized spacial score (nSPS) is 10.6. The second-order valence-electron chi connectivity index (χ2n) is 6.48. The minimum Gasteiger partial charge on any atom is -0.321 e. The fourth-order valence-electron chi connectivity index (χ4n) is 2.65. The van der Waals surface area contributed by atoms with E-state index in [0.717, 1.165) is 16.7 Å². The number of nitrogens with one attached hydrogen (secondary N) is 2. The van der Waals surface area contributed by atoms with Crippen LogP contribution in [0.1, 0.15) is 37.4 Å². The number of hydrazone groups is 1. The zero-order valence-corrected chi connectivity index (χ0v) is 15.8. The highest BCUT2D eigenvalue weighted by atomic mass is 16.2. The van der Waals surface area contributed by atoms with Crippen molar-refractivity contribution in [3.8, 4) is 0 Å². The summed E-state index contributed by atoms with van der Waals surface area (Å²) in [7, 11) is 0. The first-order valence-corrected chi connectivity index (χ1v) is 8.90. The van der Waals surface area contributed by atoms with Gasteiger partial charge in [-0.25, -0.2) is 5.43 Å². The number of amides is 2. The number of nitrogens with zero attached hydrogens (tertiary/aromatic N) is 1. The Morgan fingerprint density at radius 1 is 0.821 bits per heavy atom. The monoisotopic (exact) mass is 371 g/mol. The topological polar surface area (TPSA) is 70.6 Å². The molecule has 0 spiro atoms. The number of anilines is 1. The van der Waals surface area contributed by atoms with Crippen molar-refractivity contribution in [3.63, 3.8) is 0 Å². The summed E-state index contributed by atoms with van der Waals surface area (Å²) >= 11 is 0. The minimum atomic E-state index is -0.400. The van der Waals surface area contributed by atoms with Crippen LogP contribution in [0.5, 0.6) is 0 Å². The predicted molar refractivity (Wildman–Crippen MR) is 112 cm³/mol. The Labute approximate surface area is 164 Å². The number of para-hydroxylation sites is 1. The van der Waals surface area contributed by atoms with E-state index < -0.39 is 5.91 Å². The highest BCUT2D eigenvalue weighted by Crippen LogP contribution is 2.16. The van der Waals surface area contributed by atoms with Crippen molar-refractivity contribution >= 4 is 23.7 Å². The Morgan fingerprint density at radius 2 is 1.57 bits per heavy atom. The van der Waals surface area contributed by atoms with Crippen LogP contribution >= 0.6 is 0 Å². The van der Waals surface area contributed by atoms with Crippen molar-refractivity contribution in [1.29, 1.82) is 0 Å². The van der Waals surface area contributed by atoms with E-state index in [9.17, 15) is 9.59 Å². The van der Waals surface area contributed by atoms with Gasteiger partial charge in [-0.05, 0) is 43.7 Å². The summed E-state index contributed by atoms with van der Waals surface area (Å²) in [4.78, 5) is 25.0. The Hall–Kier alpha value is -3.73. The van der Waals surface area contributed by atoms with E-state index in [2.05, 4.69) is 15.8 Å². The van der Waals surface area contributed by atoms with Gasteiger partial charge >= 0.3 is 0 Å². The van der Waals surface area contributed by atoms with Gasteiger partial charge in [0.05, 0.1) is 17.5 Å².